The summed E-state index contributed by atoms with van der Waals surface area (Å²) in [5.74, 6) is 6.46. The van der Waals surface area contributed by atoms with Gasteiger partial charge in [0.1, 0.15) is 11.8 Å². The Morgan fingerprint density at radius 2 is 1.67 bits per heavy atom. The molecule has 1 aliphatic carbocycles. The molecule has 0 amide bonds. The van der Waals surface area contributed by atoms with Crippen molar-refractivity contribution in [3.05, 3.63) is 89.5 Å². The lowest BCUT2D eigenvalue weighted by Gasteiger charge is -2.20. The van der Waals surface area contributed by atoms with Gasteiger partial charge in [0.2, 0.25) is 0 Å². The minimum Gasteiger partial charge on any atom is -0.392 e. The van der Waals surface area contributed by atoms with Gasteiger partial charge < -0.3 is 9.40 Å². The number of oxime groups is 1. The van der Waals surface area contributed by atoms with E-state index in [-0.39, 0.29) is 6.10 Å². The highest BCUT2D eigenvalue weighted by atomic mass is 16.6. The first-order chi connectivity index (χ1) is 14.8. The number of hydrogen-bond donors (Lipinski definition) is 0. The van der Waals surface area contributed by atoms with Crippen molar-refractivity contribution in [2.24, 2.45) is 5.16 Å². The van der Waals surface area contributed by atoms with Crippen LogP contribution in [0, 0.1) is 18.8 Å². The maximum Gasteiger partial charge on any atom is 0.127 e. The van der Waals surface area contributed by atoms with Crippen LogP contribution in [0.5, 0.6) is 0 Å². The van der Waals surface area contributed by atoms with Crippen LogP contribution in [-0.2, 0) is 11.4 Å². The van der Waals surface area contributed by atoms with Crippen LogP contribution in [0.25, 0.3) is 0 Å². The first-order valence-corrected chi connectivity index (χ1v) is 10.6. The van der Waals surface area contributed by atoms with Crippen LogP contribution in [0.1, 0.15) is 54.4 Å². The molecule has 0 spiro atoms. The lowest BCUT2D eigenvalue weighted by Crippen LogP contribution is -2.17. The summed E-state index contributed by atoms with van der Waals surface area (Å²) in [5.41, 5.74) is 5.18. The zero-order valence-electron chi connectivity index (χ0n) is 17.4. The summed E-state index contributed by atoms with van der Waals surface area (Å²) in [6, 6.07) is 16.5. The standard InChI is InChI=1S/C26H27N3O/c1-21-7-9-22(10-8-21)11-12-23-13-15-24(16-14-23)26(19-29-18-17-27-20-29)28-30-25-5-3-2-4-6-25/h7-10,13-18,20,25H,2-6,19H2,1H3/b28-26+. The van der Waals surface area contributed by atoms with E-state index in [1.807, 2.05) is 22.9 Å². The number of hydrogen-bond acceptors (Lipinski definition) is 3. The largest absolute Gasteiger partial charge is 0.392 e. The first-order valence-electron chi connectivity index (χ1n) is 10.6. The number of aromatic nitrogens is 2. The van der Waals surface area contributed by atoms with E-state index < -0.39 is 0 Å². The Kier molecular flexibility index (Phi) is 6.61. The molecule has 0 aliphatic heterocycles. The van der Waals surface area contributed by atoms with Gasteiger partial charge in [0.05, 0.1) is 12.9 Å². The molecule has 1 aliphatic rings. The van der Waals surface area contributed by atoms with E-state index >= 15 is 0 Å². The van der Waals surface area contributed by atoms with E-state index in [0.717, 1.165) is 35.2 Å². The van der Waals surface area contributed by atoms with Crippen molar-refractivity contribution in [3.63, 3.8) is 0 Å². The van der Waals surface area contributed by atoms with Gasteiger partial charge in [-0.25, -0.2) is 4.98 Å². The number of nitrogens with zero attached hydrogens (tertiary/aromatic N) is 3. The fraction of sp³-hybridized carbons (Fsp3) is 0.308. The normalized spacial score (nSPS) is 14.8. The molecule has 4 nitrogen and oxygen atoms in total. The SMILES string of the molecule is Cc1ccc(C#Cc2ccc(/C(Cn3ccnc3)=N/OC3CCCCC3)cc2)cc1. The van der Waals surface area contributed by atoms with Crippen LogP contribution >= 0.6 is 0 Å². The second kappa shape index (κ2) is 9.93. The summed E-state index contributed by atoms with van der Waals surface area (Å²) in [4.78, 5) is 10.1. The molecule has 0 atom stereocenters. The molecule has 0 saturated heterocycles. The van der Waals surface area contributed by atoms with Crippen molar-refractivity contribution in [1.29, 1.82) is 0 Å². The Morgan fingerprint density at radius 1 is 1.00 bits per heavy atom. The molecule has 4 rings (SSSR count). The average molecular weight is 398 g/mol. The predicted molar refractivity (Wildman–Crippen MR) is 120 cm³/mol. The van der Waals surface area contributed by atoms with Crippen LogP contribution < -0.4 is 0 Å². The van der Waals surface area contributed by atoms with Crippen LogP contribution in [0.2, 0.25) is 0 Å². The highest BCUT2D eigenvalue weighted by molar-refractivity contribution is 6.00. The van der Waals surface area contributed by atoms with Crippen molar-refractivity contribution in [2.75, 3.05) is 0 Å². The molecule has 1 fully saturated rings. The molecule has 1 heterocycles. The second-order valence-corrected chi connectivity index (χ2v) is 7.83. The maximum atomic E-state index is 5.92. The maximum absolute atomic E-state index is 5.92. The Morgan fingerprint density at radius 3 is 2.30 bits per heavy atom. The third-order valence-corrected chi connectivity index (χ3v) is 5.38. The van der Waals surface area contributed by atoms with Crippen LogP contribution in [0.4, 0.5) is 0 Å². The van der Waals surface area contributed by atoms with Gasteiger partial charge in [-0.05, 0) is 56.9 Å². The monoisotopic (exact) mass is 397 g/mol. The highest BCUT2D eigenvalue weighted by Gasteiger charge is 2.15. The molecule has 0 radical (unpaired) electrons. The second-order valence-electron chi connectivity index (χ2n) is 7.83. The summed E-state index contributed by atoms with van der Waals surface area (Å²) >= 11 is 0. The summed E-state index contributed by atoms with van der Waals surface area (Å²) in [7, 11) is 0. The van der Waals surface area contributed by atoms with Crippen molar-refractivity contribution in [3.8, 4) is 11.8 Å². The van der Waals surface area contributed by atoms with Gasteiger partial charge >= 0.3 is 0 Å². The molecule has 3 aromatic rings. The third kappa shape index (κ3) is 5.61. The number of aryl methyl sites for hydroxylation is 1. The quantitative estimate of drug-likeness (QED) is 0.331. The van der Waals surface area contributed by atoms with E-state index in [9.17, 15) is 0 Å². The topological polar surface area (TPSA) is 39.4 Å². The lowest BCUT2D eigenvalue weighted by atomic mass is 9.98. The summed E-state index contributed by atoms with van der Waals surface area (Å²) in [6.07, 6.45) is 11.7. The van der Waals surface area contributed by atoms with Gasteiger partial charge in [0.15, 0.2) is 0 Å². The molecule has 0 bridgehead atoms. The minimum absolute atomic E-state index is 0.233. The molecular weight excluding hydrogens is 370 g/mol. The summed E-state index contributed by atoms with van der Waals surface area (Å²) < 4.78 is 2.01. The van der Waals surface area contributed by atoms with Gasteiger partial charge in [-0.2, -0.15) is 0 Å². The molecule has 152 valence electrons. The average Bonchev–Trinajstić information content (AvgIpc) is 3.31. The van der Waals surface area contributed by atoms with Crippen LogP contribution in [-0.4, -0.2) is 21.4 Å². The molecule has 30 heavy (non-hydrogen) atoms. The lowest BCUT2D eigenvalue weighted by molar-refractivity contribution is 0.0326. The molecule has 0 unspecified atom stereocenters. The van der Waals surface area contributed by atoms with E-state index in [2.05, 4.69) is 65.3 Å². The van der Waals surface area contributed by atoms with Gasteiger partial charge in [-0.1, -0.05) is 53.2 Å². The predicted octanol–water partition coefficient (Wildman–Crippen LogP) is 5.34. The number of rotatable bonds is 5. The van der Waals surface area contributed by atoms with Crippen molar-refractivity contribution >= 4 is 5.71 Å². The Hall–Kier alpha value is -3.32. The molecule has 1 aromatic heterocycles. The van der Waals surface area contributed by atoms with E-state index in [1.54, 1.807) is 12.5 Å². The Labute approximate surface area is 178 Å². The molecule has 1 saturated carbocycles. The zero-order valence-corrected chi connectivity index (χ0v) is 17.4. The molecule has 0 N–H and O–H groups in total. The van der Waals surface area contributed by atoms with Gasteiger partial charge in [0.25, 0.3) is 0 Å². The third-order valence-electron chi connectivity index (χ3n) is 5.38. The number of benzene rings is 2. The fourth-order valence-corrected chi connectivity index (χ4v) is 3.56. The van der Waals surface area contributed by atoms with Crippen LogP contribution in [0.3, 0.4) is 0 Å². The first kappa shape index (κ1) is 20.0. The minimum atomic E-state index is 0.233. The van der Waals surface area contributed by atoms with E-state index in [1.165, 1.54) is 24.8 Å². The summed E-state index contributed by atoms with van der Waals surface area (Å²) in [6.45, 7) is 2.71. The van der Waals surface area contributed by atoms with Crippen molar-refractivity contribution in [2.45, 2.75) is 51.7 Å². The fourth-order valence-electron chi connectivity index (χ4n) is 3.56. The molecular formula is C26H27N3O. The smallest absolute Gasteiger partial charge is 0.127 e. The Balaban J connectivity index is 1.50. The van der Waals surface area contributed by atoms with E-state index in [4.69, 9.17) is 4.84 Å². The van der Waals surface area contributed by atoms with E-state index in [0.29, 0.717) is 6.54 Å². The van der Waals surface area contributed by atoms with Gasteiger partial charge in [-0.3, -0.25) is 0 Å². The van der Waals surface area contributed by atoms with Crippen molar-refractivity contribution in [1.82, 2.24) is 9.55 Å². The molecule has 2 aromatic carbocycles. The van der Waals surface area contributed by atoms with Crippen LogP contribution in [0.15, 0.2) is 72.4 Å². The highest BCUT2D eigenvalue weighted by Crippen LogP contribution is 2.21. The summed E-state index contributed by atoms with van der Waals surface area (Å²) in [5, 5.41) is 4.56. The molecule has 4 heteroatoms. The number of imidazole rings is 1. The van der Waals surface area contributed by atoms with Gasteiger partial charge in [0, 0.05) is 29.1 Å². The van der Waals surface area contributed by atoms with Gasteiger partial charge in [-0.15, -0.1) is 0 Å². The zero-order chi connectivity index (χ0) is 20.6. The Bertz CT molecular complexity index is 1020. The van der Waals surface area contributed by atoms with Crippen molar-refractivity contribution < 1.29 is 4.84 Å².